The van der Waals surface area contributed by atoms with E-state index in [4.69, 9.17) is 12.3 Å². The number of rotatable bonds is 68. The van der Waals surface area contributed by atoms with Gasteiger partial charge in [-0.25, -0.2) is 0 Å². The van der Waals surface area contributed by atoms with Crippen LogP contribution in [0.5, 0.6) is 0 Å². The molecule has 4 atom stereocenters. The van der Waals surface area contributed by atoms with Gasteiger partial charge in [-0.3, -0.25) is 0 Å². The summed E-state index contributed by atoms with van der Waals surface area (Å²) in [7, 11) is 0. The fourth-order valence-corrected chi connectivity index (χ4v) is 16.6. The molecule has 0 bridgehead atoms. The number of carbonyl (C=O) groups excluding carboxylic acids is 4. The molecule has 0 saturated heterocycles. The van der Waals surface area contributed by atoms with Gasteiger partial charge in [-0.05, 0) is 0 Å². The minimum Gasteiger partial charge on any atom is -0.0654 e. The molecule has 504 valence electrons. The smallest absolute Gasteiger partial charge is 0.0654 e. The molecule has 0 saturated carbocycles. The Hall–Kier alpha value is -1.48. The Kier molecular flexibility index (Phi) is 62.9. The van der Waals surface area contributed by atoms with E-state index < -0.39 is 68.3 Å². The van der Waals surface area contributed by atoms with Gasteiger partial charge in [0, 0.05) is 0 Å². The zero-order valence-corrected chi connectivity index (χ0v) is 59.1. The number of unbranched alkanes of at least 4 members (excludes halogenated alkanes) is 52. The van der Waals surface area contributed by atoms with Crippen molar-refractivity contribution < 1.29 is 51.9 Å². The van der Waals surface area contributed by atoms with Crippen molar-refractivity contribution in [3.05, 3.63) is 0 Å². The number of aliphatic hydroxyl groups excluding tert-OH is 4. The molecular formula is C72H140O12Sn. The molecule has 85 heavy (non-hydrogen) atoms. The molecule has 4 unspecified atom stereocenters. The summed E-state index contributed by atoms with van der Waals surface area (Å²) >= 11 is -6.77. The summed E-state index contributed by atoms with van der Waals surface area (Å²) in [5.41, 5.74) is 0. The Balaban J connectivity index is 5.88. The van der Waals surface area contributed by atoms with E-state index in [-0.39, 0.29) is 25.7 Å². The minimum absolute atomic E-state index is 0.0000966. The predicted molar refractivity (Wildman–Crippen MR) is 354 cm³/mol. The first-order valence-corrected chi connectivity index (χ1v) is 41.8. The third-order valence-corrected chi connectivity index (χ3v) is 22.5. The van der Waals surface area contributed by atoms with Gasteiger partial charge in [0.05, 0.1) is 0 Å². The van der Waals surface area contributed by atoms with Gasteiger partial charge < -0.3 is 0 Å². The van der Waals surface area contributed by atoms with Crippen LogP contribution in [0, 0.1) is 0 Å². The first-order chi connectivity index (χ1) is 41.5. The normalized spacial score (nSPS) is 13.7. The van der Waals surface area contributed by atoms with Gasteiger partial charge in [0.1, 0.15) is 0 Å². The van der Waals surface area contributed by atoms with Crippen molar-refractivity contribution in [1.82, 2.24) is 0 Å². The van der Waals surface area contributed by atoms with E-state index in [1.54, 1.807) is 0 Å². The summed E-state index contributed by atoms with van der Waals surface area (Å²) in [5.74, 6) is -5.21. The number of aliphatic hydroxyl groups is 4. The van der Waals surface area contributed by atoms with Crippen molar-refractivity contribution >= 4 is 43.9 Å². The Morgan fingerprint density at radius 1 is 0.212 bits per heavy atom. The van der Waals surface area contributed by atoms with E-state index in [0.29, 0.717) is 25.7 Å². The molecule has 0 fully saturated rings. The SMILES string of the molecule is CCCCCCCCCCCCCCCCC(O)C(=O)[O][Sn]([O]C(=O)C(O)CCCCCCCCCCCCCCCC)([O]C(=O)C(O)CCCCCCCCCCCCCCCC)[O]C(=O)C(O)CCCCCCCCCCCCCCCC. The summed E-state index contributed by atoms with van der Waals surface area (Å²) in [5, 5.41) is 44.7. The van der Waals surface area contributed by atoms with Gasteiger partial charge in [-0.1, -0.05) is 182 Å². The van der Waals surface area contributed by atoms with Gasteiger partial charge in [0.15, 0.2) is 0 Å². The number of hydrogen-bond acceptors (Lipinski definition) is 12. The fourth-order valence-electron chi connectivity index (χ4n) is 11.5. The van der Waals surface area contributed by atoms with Gasteiger partial charge in [-0.2, -0.15) is 0 Å². The van der Waals surface area contributed by atoms with Crippen molar-refractivity contribution in [2.45, 2.75) is 437 Å². The molecule has 0 amide bonds. The van der Waals surface area contributed by atoms with Crippen LogP contribution in [0.15, 0.2) is 0 Å². The van der Waals surface area contributed by atoms with Crippen LogP contribution in [-0.4, -0.2) is 88.8 Å². The second-order valence-corrected chi connectivity index (χ2v) is 31.0. The Morgan fingerprint density at radius 3 is 0.435 bits per heavy atom. The van der Waals surface area contributed by atoms with E-state index in [1.807, 2.05) is 0 Å². The molecule has 4 N–H and O–H groups in total. The Labute approximate surface area is 530 Å². The second kappa shape index (κ2) is 64.1. The zero-order valence-electron chi connectivity index (χ0n) is 56.3. The molecule has 12 nitrogen and oxygen atoms in total. The summed E-state index contributed by atoms with van der Waals surface area (Å²) < 4.78 is 22.7. The predicted octanol–water partition coefficient (Wildman–Crippen LogP) is 20.5. The minimum atomic E-state index is -6.77. The van der Waals surface area contributed by atoms with Crippen molar-refractivity contribution in [2.24, 2.45) is 0 Å². The molecule has 0 aliphatic carbocycles. The monoisotopic (exact) mass is 1320 g/mol. The second-order valence-electron chi connectivity index (χ2n) is 25.8. The molecule has 0 aromatic rings. The van der Waals surface area contributed by atoms with Gasteiger partial charge in [0.2, 0.25) is 0 Å². The molecule has 0 rings (SSSR count). The van der Waals surface area contributed by atoms with E-state index in [0.717, 1.165) is 103 Å². The van der Waals surface area contributed by atoms with E-state index in [1.165, 1.54) is 231 Å². The van der Waals surface area contributed by atoms with Crippen molar-refractivity contribution in [3.63, 3.8) is 0 Å². The molecule has 0 radical (unpaired) electrons. The van der Waals surface area contributed by atoms with E-state index >= 15 is 0 Å². The molecule has 0 aromatic heterocycles. The average molecular weight is 1320 g/mol. The van der Waals surface area contributed by atoms with Crippen LogP contribution < -0.4 is 0 Å². The van der Waals surface area contributed by atoms with Crippen LogP contribution >= 0.6 is 0 Å². The average Bonchev–Trinajstić information content (AvgIpc) is 3.69. The van der Waals surface area contributed by atoms with Crippen LogP contribution in [0.25, 0.3) is 0 Å². The number of carbonyl (C=O) groups is 4. The number of hydrogen-bond donors (Lipinski definition) is 4. The first-order valence-electron chi connectivity index (χ1n) is 37.1. The standard InChI is InChI=1S/4C18H36O3.Sn/c4*1-2-3-4-5-6-7-8-9-10-11-12-13-14-15-16-17(19)18(20)21;/h4*17,19H,2-16H2,1H3,(H,20,21);/q;;;;+4/p-4. The Bertz CT molecular complexity index is 1250. The molecule has 13 heteroatoms. The molecule has 0 spiro atoms. The Morgan fingerprint density at radius 2 is 0.318 bits per heavy atom. The van der Waals surface area contributed by atoms with Crippen LogP contribution in [0.4, 0.5) is 0 Å². The molecule has 0 aliphatic heterocycles. The van der Waals surface area contributed by atoms with Gasteiger partial charge in [-0.15, -0.1) is 0 Å². The zero-order chi connectivity index (χ0) is 62.4. The fraction of sp³-hybridized carbons (Fsp3) is 0.944. The van der Waals surface area contributed by atoms with E-state index in [9.17, 15) is 39.6 Å². The van der Waals surface area contributed by atoms with Gasteiger partial charge in [0.25, 0.3) is 0 Å². The summed E-state index contributed by atoms with van der Waals surface area (Å²) in [6.45, 7) is 8.96. The summed E-state index contributed by atoms with van der Waals surface area (Å²) in [6.07, 6.45) is 56.6. The van der Waals surface area contributed by atoms with Crippen LogP contribution in [0.2, 0.25) is 0 Å². The molecular weight excluding hydrogens is 1180 g/mol. The van der Waals surface area contributed by atoms with Crippen LogP contribution in [-0.2, 0) is 31.5 Å². The maximum absolute atomic E-state index is 13.9. The van der Waals surface area contributed by atoms with Gasteiger partial charge >= 0.3 is 351 Å². The first kappa shape index (κ1) is 83.5. The van der Waals surface area contributed by atoms with Crippen molar-refractivity contribution in [3.8, 4) is 0 Å². The third-order valence-electron chi connectivity index (χ3n) is 17.3. The molecule has 0 heterocycles. The molecule has 0 aliphatic rings. The topological polar surface area (TPSA) is 186 Å². The summed E-state index contributed by atoms with van der Waals surface area (Å²) in [4.78, 5) is 55.4. The van der Waals surface area contributed by atoms with E-state index in [2.05, 4.69) is 27.7 Å². The van der Waals surface area contributed by atoms with Crippen molar-refractivity contribution in [2.75, 3.05) is 0 Å². The maximum atomic E-state index is 13.9. The van der Waals surface area contributed by atoms with Crippen molar-refractivity contribution in [1.29, 1.82) is 0 Å². The quantitative estimate of drug-likeness (QED) is 0.0334. The van der Waals surface area contributed by atoms with Crippen LogP contribution in [0.1, 0.15) is 413 Å². The van der Waals surface area contributed by atoms with Crippen LogP contribution in [0.3, 0.4) is 0 Å². The summed E-state index contributed by atoms with van der Waals surface area (Å²) in [6, 6.07) is 0. The third kappa shape index (κ3) is 55.1. The molecule has 0 aromatic carbocycles.